The Hall–Kier alpha value is -2.65. The van der Waals surface area contributed by atoms with Gasteiger partial charge in [-0.05, 0) is 162 Å². The quantitative estimate of drug-likeness (QED) is 0.0308. The maximum atomic E-state index is 12.4. The fraction of sp³-hybridized carbons (Fsp3) is 0.725. The predicted molar refractivity (Wildman–Crippen MR) is 503 cm³/mol. The van der Waals surface area contributed by atoms with Crippen molar-refractivity contribution in [1.29, 1.82) is 0 Å². The Balaban J connectivity index is -0.0000000623. The molecule has 4 aromatic carbocycles. The third-order valence-electron chi connectivity index (χ3n) is 23.5. The number of esters is 2. The summed E-state index contributed by atoms with van der Waals surface area (Å²) >= 11 is 0. The van der Waals surface area contributed by atoms with Crippen LogP contribution in [-0.4, -0.2) is 199 Å². The largest absolute Gasteiger partial charge is 4.00 e. The molecule has 4 aromatic rings. The zero-order chi connectivity index (χ0) is 89.9. The van der Waals surface area contributed by atoms with Crippen LogP contribution >= 0.6 is 0 Å². The normalized spacial score (nSPS) is 10.0. The molecule has 818 valence electrons. The van der Waals surface area contributed by atoms with Crippen LogP contribution in [0.4, 0.5) is 11.4 Å². The minimum Gasteiger partial charge on any atom is -2.00 e. The van der Waals surface area contributed by atoms with Gasteiger partial charge >= 0.3 is 49.0 Å². The Kier molecular flexibility index (Phi) is 165. The van der Waals surface area contributed by atoms with Gasteiger partial charge in [0.05, 0.1) is 140 Å². The second-order valence-corrected chi connectivity index (χ2v) is 34.4. The summed E-state index contributed by atoms with van der Waals surface area (Å²) < 4.78 is 15.7. The van der Waals surface area contributed by atoms with E-state index >= 15 is 0 Å². The van der Waals surface area contributed by atoms with Crippen molar-refractivity contribution in [3.8, 4) is 0 Å². The number of carbonyl (C=O) groups excluding carboxylic acids is 4. The number of amides is 2. The second kappa shape index (κ2) is 122. The minimum absolute atomic E-state index is 0. The molecule has 0 heterocycles. The van der Waals surface area contributed by atoms with Crippen molar-refractivity contribution in [3.63, 3.8) is 0 Å². The molecule has 0 saturated heterocycles. The van der Waals surface area contributed by atoms with E-state index in [9.17, 15) is 49.8 Å². The Morgan fingerprint density at radius 2 is 0.360 bits per heavy atom. The molecule has 0 aliphatic carbocycles. The van der Waals surface area contributed by atoms with Crippen molar-refractivity contribution < 1.29 is 260 Å². The van der Waals surface area contributed by atoms with E-state index in [-0.39, 0.29) is 205 Å². The predicted octanol–water partition coefficient (Wildman–Crippen LogP) is 16.8. The molecule has 0 aromatic heterocycles. The van der Waals surface area contributed by atoms with Crippen LogP contribution in [0.3, 0.4) is 0 Å². The number of para-hydroxylation sites is 2. The van der Waals surface area contributed by atoms with Crippen molar-refractivity contribution in [3.05, 3.63) is 131 Å². The van der Waals surface area contributed by atoms with Gasteiger partial charge in [0, 0.05) is 85.6 Å². The summed E-state index contributed by atoms with van der Waals surface area (Å²) in [6.07, 6.45) is 44.2. The third kappa shape index (κ3) is 83.9. The monoisotopic (exact) mass is 2190 g/mol. The number of nitrogens with one attached hydrogen (secondary N) is 2. The average Bonchev–Trinajstić information content (AvgIpc) is 0.827. The second-order valence-electron chi connectivity index (χ2n) is 34.4. The van der Waals surface area contributed by atoms with Crippen LogP contribution in [0.1, 0.15) is 358 Å². The number of unbranched alkanes of at least 4 members (excludes halogenated alkanes) is 16. The van der Waals surface area contributed by atoms with E-state index < -0.39 is 87.4 Å². The van der Waals surface area contributed by atoms with Crippen molar-refractivity contribution in [2.45, 2.75) is 316 Å². The molecule has 0 spiro atoms. The van der Waals surface area contributed by atoms with E-state index in [0.29, 0.717) is 11.4 Å². The van der Waals surface area contributed by atoms with Crippen LogP contribution in [0.5, 0.6) is 0 Å². The molecule has 2 N–H and O–H groups in total. The molecule has 0 aliphatic rings. The van der Waals surface area contributed by atoms with Crippen LogP contribution < -0.4 is 41.3 Å². The third-order valence-corrected chi connectivity index (χ3v) is 23.5. The Morgan fingerprint density at radius 1 is 0.230 bits per heavy atom. The van der Waals surface area contributed by atoms with Crippen molar-refractivity contribution in [1.82, 2.24) is 0 Å². The summed E-state index contributed by atoms with van der Waals surface area (Å²) in [6.45, 7) is 53.4. The molecule has 6 radical (unpaired) electrons. The van der Waals surface area contributed by atoms with Crippen molar-refractivity contribution in [2.24, 2.45) is 10.8 Å². The first-order valence-electron chi connectivity index (χ1n) is 48.2. The zero-order valence-corrected chi connectivity index (χ0v) is 96.0. The first-order valence-corrected chi connectivity index (χ1v) is 48.2. The molecule has 0 fully saturated rings. The summed E-state index contributed by atoms with van der Waals surface area (Å²) in [5.41, 5.74) is -2.09. The van der Waals surface area contributed by atoms with E-state index in [2.05, 4.69) is 121 Å². The number of quaternary nitrogens is 4. The number of ether oxygens (including phenoxy) is 2. The van der Waals surface area contributed by atoms with Crippen LogP contribution in [0.2, 0.25) is 0 Å². The van der Waals surface area contributed by atoms with Crippen molar-refractivity contribution in [2.75, 3.05) is 168 Å². The van der Waals surface area contributed by atoms with E-state index in [0.717, 1.165) is 0 Å². The van der Waals surface area contributed by atoms with Gasteiger partial charge in [0.2, 0.25) is 0 Å². The van der Waals surface area contributed by atoms with Crippen LogP contribution in [-0.2, 0) is 192 Å². The smallest absolute Gasteiger partial charge is 2.00 e. The van der Waals surface area contributed by atoms with Gasteiger partial charge in [0.1, 0.15) is 0 Å². The fourth-order valence-electron chi connectivity index (χ4n) is 14.8. The van der Waals surface area contributed by atoms with Crippen molar-refractivity contribution >= 4 is 35.1 Å². The molecular formula is C102H180N6O25V6-20. The molecule has 4 rings (SSSR count). The summed E-state index contributed by atoms with van der Waals surface area (Å²) in [5, 5.41) is 71.8. The summed E-state index contributed by atoms with van der Waals surface area (Å²) in [7, 11) is 0. The Labute approximate surface area is 914 Å². The van der Waals surface area contributed by atoms with Gasteiger partial charge in [-0.15, -0.1) is 39.6 Å². The van der Waals surface area contributed by atoms with Gasteiger partial charge < -0.3 is 140 Å². The number of hydrogen-bond acceptors (Lipinski definition) is 12. The first kappa shape index (κ1) is 188. The molecule has 0 saturated carbocycles. The van der Waals surface area contributed by atoms with Gasteiger partial charge in [-0.2, -0.15) is 0 Å². The number of hydrogen-bond donors (Lipinski definition) is 2. The number of nitrogens with zero attached hydrogens (tertiary/aromatic N) is 4. The standard InChI is InChI=1S/2C19H18NO6.4C16H36N.13O.6V/c2*21-10-19(11-22,12-23)13-26-18(25)16-9-5-4-8-15(16)17(24)20-14-6-2-1-3-7-14;4*1-5-9-13-17(14-10-6-2,15-11-7-3)16-12-8-4;;;;;;;;;;;;;;;;;;;/h2*1-9H,10-13H2,(H,20,24);4*5-16H2,1-4H3;;;;;;;;;;;;;;;;;;;/q2*-3;4*+1;13*-2;;;;;2*+4. The summed E-state index contributed by atoms with van der Waals surface area (Å²) in [6, 6.07) is 29.4. The maximum absolute atomic E-state index is 12.4. The zero-order valence-electron chi connectivity index (χ0n) is 87.7. The van der Waals surface area contributed by atoms with Gasteiger partial charge in [-0.1, -0.05) is 274 Å². The van der Waals surface area contributed by atoms with E-state index in [1.807, 2.05) is 0 Å². The van der Waals surface area contributed by atoms with Crippen LogP contribution in [0.25, 0.3) is 0 Å². The van der Waals surface area contributed by atoms with Gasteiger partial charge in [-0.3, -0.25) is 9.59 Å². The summed E-state index contributed by atoms with van der Waals surface area (Å²) in [5.74, 6) is -2.76. The number of rotatable bonds is 64. The van der Waals surface area contributed by atoms with Crippen LogP contribution in [0, 0.1) is 10.8 Å². The maximum Gasteiger partial charge on any atom is 4.00 e. The molecule has 0 aliphatic heterocycles. The molecule has 0 atom stereocenters. The van der Waals surface area contributed by atoms with Gasteiger partial charge in [-0.25, -0.2) is 9.59 Å². The topological polar surface area (TPSA) is 620 Å². The minimum atomic E-state index is -1.67. The SMILES string of the molecule is CCCC[N+](CCCC)(CCCC)CCCC.CCCC[N+](CCCC)(CCCC)CCCC.CCCC[N+](CCCC)(CCCC)CCCC.CCCC[N+](CCCC)(CCCC)CCCC.O=C(Nc1ccccc1)c1ccccc1C(=O)OCC(C[O-])(C[O-])C[O-].O=C(Nc1ccccc1)c1ccccc1C(=O)OCC(C[O-])(C[O-])C[O-].[O-2].[O-2].[O-2].[O-2].[O-2].[O-2].[O-2].[O-2].[O-2].[O-2].[O-2].[O-2].[O-2].[V+4].[V+4].[V].[V].[V].[V]. The molecule has 2 amide bonds. The Bertz CT molecular complexity index is 2670. The molecule has 31 nitrogen and oxygen atoms in total. The molecular weight excluding hydrogens is 2010 g/mol. The van der Waals surface area contributed by atoms with Crippen LogP contribution in [0.15, 0.2) is 109 Å². The number of carbonyl (C=O) groups is 4. The van der Waals surface area contributed by atoms with E-state index in [1.165, 1.54) is 352 Å². The molecule has 0 bridgehead atoms. The van der Waals surface area contributed by atoms with Gasteiger partial charge in [0.15, 0.2) is 0 Å². The number of benzene rings is 4. The van der Waals surface area contributed by atoms with E-state index in [1.54, 1.807) is 84.9 Å². The fourth-order valence-corrected chi connectivity index (χ4v) is 14.8. The molecule has 37 heteroatoms. The Morgan fingerprint density at radius 3 is 0.489 bits per heavy atom. The number of anilines is 2. The van der Waals surface area contributed by atoms with Gasteiger partial charge in [0.25, 0.3) is 11.8 Å². The molecule has 139 heavy (non-hydrogen) atoms. The first-order chi connectivity index (χ1) is 58.1. The average molecular weight is 2200 g/mol. The summed E-state index contributed by atoms with van der Waals surface area (Å²) in [4.78, 5) is 49.5. The van der Waals surface area contributed by atoms with E-state index in [4.69, 9.17) is 9.47 Å². The molecule has 0 unspecified atom stereocenters.